The highest BCUT2D eigenvalue weighted by Gasteiger charge is 2.18. The normalized spacial score (nSPS) is 10.9. The van der Waals surface area contributed by atoms with Gasteiger partial charge in [-0.1, -0.05) is 11.6 Å². The van der Waals surface area contributed by atoms with E-state index < -0.39 is 5.97 Å². The van der Waals surface area contributed by atoms with E-state index in [9.17, 15) is 14.4 Å². The minimum absolute atomic E-state index is 0.262. The molecule has 0 radical (unpaired) electrons. The van der Waals surface area contributed by atoms with Crippen molar-refractivity contribution in [1.29, 1.82) is 0 Å². The van der Waals surface area contributed by atoms with Gasteiger partial charge in [-0.15, -0.1) is 0 Å². The van der Waals surface area contributed by atoms with Crippen LogP contribution < -0.4 is 5.56 Å². The summed E-state index contributed by atoms with van der Waals surface area (Å²) in [6.45, 7) is 0. The van der Waals surface area contributed by atoms with Gasteiger partial charge in [0.05, 0.1) is 5.69 Å². The van der Waals surface area contributed by atoms with E-state index in [1.165, 1.54) is 29.1 Å². The third kappa shape index (κ3) is 4.07. The summed E-state index contributed by atoms with van der Waals surface area (Å²) < 4.78 is 1.35. The molecule has 2 aromatic heterocycles. The Labute approximate surface area is 165 Å². The van der Waals surface area contributed by atoms with Crippen molar-refractivity contribution < 1.29 is 14.7 Å². The highest BCUT2D eigenvalue weighted by molar-refractivity contribution is 6.30. The van der Waals surface area contributed by atoms with Gasteiger partial charge in [0.15, 0.2) is 5.78 Å². The highest BCUT2D eigenvalue weighted by Crippen LogP contribution is 2.27. The molecule has 0 unspecified atom stereocenters. The number of carboxylic acid groups (broad SMARTS) is 1. The third-order valence-corrected chi connectivity index (χ3v) is 4.33. The quantitative estimate of drug-likeness (QED) is 0.529. The summed E-state index contributed by atoms with van der Waals surface area (Å²) in [5, 5.41) is 9.44. The molecule has 0 fully saturated rings. The number of halogens is 1. The maximum absolute atomic E-state index is 13.0. The number of nitrogens with zero attached hydrogens (tertiary/aromatic N) is 2. The molecule has 0 saturated carbocycles. The predicted octanol–water partition coefficient (Wildman–Crippen LogP) is 3.43. The lowest BCUT2D eigenvalue weighted by Crippen LogP contribution is -2.16. The molecule has 0 spiro atoms. The minimum atomic E-state index is -1.15. The monoisotopic (exact) mass is 394 g/mol. The van der Waals surface area contributed by atoms with Crippen LogP contribution in [0.1, 0.15) is 21.5 Å². The van der Waals surface area contributed by atoms with Crippen LogP contribution in [0.2, 0.25) is 5.02 Å². The molecule has 0 amide bonds. The van der Waals surface area contributed by atoms with Crippen LogP contribution in [-0.4, -0.2) is 26.4 Å². The van der Waals surface area contributed by atoms with Gasteiger partial charge in [-0.25, -0.2) is 4.79 Å². The molecule has 1 N–H and O–H groups in total. The molecule has 0 aliphatic carbocycles. The van der Waals surface area contributed by atoms with Gasteiger partial charge in [-0.2, -0.15) is 0 Å². The molecule has 2 heterocycles. The van der Waals surface area contributed by atoms with E-state index in [-0.39, 0.29) is 11.3 Å². The fourth-order valence-electron chi connectivity index (χ4n) is 2.70. The molecular weight excluding hydrogens is 380 g/mol. The summed E-state index contributed by atoms with van der Waals surface area (Å²) in [6.07, 6.45) is 5.31. The van der Waals surface area contributed by atoms with E-state index in [0.29, 0.717) is 33.0 Å². The molecule has 3 rings (SSSR count). The topological polar surface area (TPSA) is 89.3 Å². The molecular formula is C21H15ClN2O4. The molecule has 7 heteroatoms. The number of aliphatic carboxylic acids is 1. The van der Waals surface area contributed by atoms with Crippen LogP contribution in [-0.2, 0) is 11.8 Å². The third-order valence-electron chi connectivity index (χ3n) is 4.08. The van der Waals surface area contributed by atoms with Crippen molar-refractivity contribution in [1.82, 2.24) is 9.55 Å². The Hall–Kier alpha value is -3.51. The molecule has 1 aromatic carbocycles. The van der Waals surface area contributed by atoms with Crippen LogP contribution in [0.4, 0.5) is 0 Å². The number of ketones is 1. The van der Waals surface area contributed by atoms with Crippen LogP contribution >= 0.6 is 11.6 Å². The fraction of sp³-hybridized carbons (Fsp3) is 0.0476. The summed E-state index contributed by atoms with van der Waals surface area (Å²) in [6, 6.07) is 11.1. The van der Waals surface area contributed by atoms with Crippen molar-refractivity contribution in [3.05, 3.63) is 93.0 Å². The van der Waals surface area contributed by atoms with Gasteiger partial charge in [0, 0.05) is 53.3 Å². The largest absolute Gasteiger partial charge is 0.478 e. The summed E-state index contributed by atoms with van der Waals surface area (Å²) in [5.74, 6) is -1.41. The van der Waals surface area contributed by atoms with Crippen LogP contribution in [0, 0.1) is 0 Å². The first-order valence-corrected chi connectivity index (χ1v) is 8.62. The molecule has 3 aromatic rings. The van der Waals surface area contributed by atoms with Gasteiger partial charge in [0.1, 0.15) is 0 Å². The lowest BCUT2D eigenvalue weighted by atomic mass is 9.96. The fourth-order valence-corrected chi connectivity index (χ4v) is 2.83. The average Bonchev–Trinajstić information content (AvgIpc) is 2.68. The smallest absolute Gasteiger partial charge is 0.328 e. The SMILES string of the molecule is Cn1cc(-c2ncccc2C(=O)c2ccc(Cl)cc2)c(/C=C/C(=O)O)cc1=O. The Bertz CT molecular complexity index is 1150. The van der Waals surface area contributed by atoms with Crippen molar-refractivity contribution in [3.8, 4) is 11.3 Å². The Balaban J connectivity index is 2.19. The van der Waals surface area contributed by atoms with Gasteiger partial charge in [0.25, 0.3) is 5.56 Å². The van der Waals surface area contributed by atoms with Crippen molar-refractivity contribution in [2.75, 3.05) is 0 Å². The number of rotatable bonds is 5. The van der Waals surface area contributed by atoms with Crippen molar-refractivity contribution >= 4 is 29.4 Å². The number of pyridine rings is 2. The first-order chi connectivity index (χ1) is 13.4. The Morgan fingerprint density at radius 1 is 1.18 bits per heavy atom. The maximum atomic E-state index is 13.0. The number of carbonyl (C=O) groups excluding carboxylic acids is 1. The summed E-state index contributed by atoms with van der Waals surface area (Å²) in [5.41, 5.74) is 1.63. The van der Waals surface area contributed by atoms with Gasteiger partial charge in [-0.05, 0) is 48.0 Å². The Morgan fingerprint density at radius 3 is 2.57 bits per heavy atom. The summed E-state index contributed by atoms with van der Waals surface area (Å²) in [4.78, 5) is 40.3. The maximum Gasteiger partial charge on any atom is 0.328 e. The van der Waals surface area contributed by atoms with E-state index >= 15 is 0 Å². The number of benzene rings is 1. The summed E-state index contributed by atoms with van der Waals surface area (Å²) in [7, 11) is 1.57. The number of aryl methyl sites for hydroxylation is 1. The molecule has 0 saturated heterocycles. The average molecular weight is 395 g/mol. The molecule has 0 atom stereocenters. The van der Waals surface area contributed by atoms with E-state index in [1.54, 1.807) is 43.4 Å². The second-order valence-electron chi connectivity index (χ2n) is 6.00. The lowest BCUT2D eigenvalue weighted by molar-refractivity contribution is -0.131. The van der Waals surface area contributed by atoms with Crippen LogP contribution in [0.3, 0.4) is 0 Å². The van der Waals surface area contributed by atoms with Crippen LogP contribution in [0.15, 0.2) is 65.7 Å². The first-order valence-electron chi connectivity index (χ1n) is 8.24. The molecule has 0 bridgehead atoms. The van der Waals surface area contributed by atoms with Crippen molar-refractivity contribution in [2.24, 2.45) is 7.05 Å². The van der Waals surface area contributed by atoms with E-state index in [1.807, 2.05) is 0 Å². The number of carboxylic acids is 1. The van der Waals surface area contributed by atoms with E-state index in [0.717, 1.165) is 6.08 Å². The van der Waals surface area contributed by atoms with Crippen LogP contribution in [0.5, 0.6) is 0 Å². The number of hydrogen-bond acceptors (Lipinski definition) is 4. The zero-order valence-corrected chi connectivity index (χ0v) is 15.6. The number of aromatic nitrogens is 2. The second kappa shape index (κ2) is 8.02. The number of hydrogen-bond donors (Lipinski definition) is 1. The molecule has 6 nitrogen and oxygen atoms in total. The second-order valence-corrected chi connectivity index (χ2v) is 6.44. The van der Waals surface area contributed by atoms with Crippen LogP contribution in [0.25, 0.3) is 17.3 Å². The lowest BCUT2D eigenvalue weighted by Gasteiger charge is -2.12. The summed E-state index contributed by atoms with van der Waals surface area (Å²) >= 11 is 5.89. The number of carbonyl (C=O) groups is 2. The molecule has 0 aliphatic rings. The molecule has 28 heavy (non-hydrogen) atoms. The first kappa shape index (κ1) is 19.3. The predicted molar refractivity (Wildman–Crippen MR) is 106 cm³/mol. The van der Waals surface area contributed by atoms with Crippen molar-refractivity contribution in [2.45, 2.75) is 0 Å². The molecule has 0 aliphatic heterocycles. The zero-order chi connectivity index (χ0) is 20.3. The Kier molecular flexibility index (Phi) is 5.52. The zero-order valence-electron chi connectivity index (χ0n) is 14.8. The van der Waals surface area contributed by atoms with E-state index in [4.69, 9.17) is 16.7 Å². The Morgan fingerprint density at radius 2 is 1.89 bits per heavy atom. The van der Waals surface area contributed by atoms with Gasteiger partial charge in [0.2, 0.25) is 0 Å². The minimum Gasteiger partial charge on any atom is -0.478 e. The standard InChI is InChI=1S/C21H15ClN2O4/c1-24-12-17(14(11-18(24)25)6-9-19(26)27)20-16(3-2-10-23-20)21(28)13-4-7-15(22)8-5-13/h2-12H,1H3,(H,26,27)/b9-6+. The highest BCUT2D eigenvalue weighted by atomic mass is 35.5. The molecule has 140 valence electrons. The van der Waals surface area contributed by atoms with Crippen molar-refractivity contribution in [3.63, 3.8) is 0 Å². The van der Waals surface area contributed by atoms with Gasteiger partial charge in [-0.3, -0.25) is 14.6 Å². The van der Waals surface area contributed by atoms with Gasteiger partial charge >= 0.3 is 5.97 Å². The van der Waals surface area contributed by atoms with E-state index in [2.05, 4.69) is 4.98 Å². The van der Waals surface area contributed by atoms with Gasteiger partial charge < -0.3 is 9.67 Å².